The highest BCUT2D eigenvalue weighted by Gasteiger charge is 2.21. The van der Waals surface area contributed by atoms with Gasteiger partial charge in [-0.25, -0.2) is 4.68 Å². The fourth-order valence-corrected chi connectivity index (χ4v) is 4.48. The Labute approximate surface area is 185 Å². The van der Waals surface area contributed by atoms with Gasteiger partial charge in [-0.1, -0.05) is 17.7 Å². The summed E-state index contributed by atoms with van der Waals surface area (Å²) in [5.74, 6) is 0.139. The van der Waals surface area contributed by atoms with Crippen LogP contribution in [0.15, 0.2) is 70.2 Å². The SMILES string of the molecule is CN1CCC/C1=N\S(=O)(=O)c1cccc(NC(=O)c2cnn(-c3ccc(Cl)cc3)c2)c1. The van der Waals surface area contributed by atoms with Gasteiger partial charge in [0.1, 0.15) is 5.84 Å². The quantitative estimate of drug-likeness (QED) is 0.631. The summed E-state index contributed by atoms with van der Waals surface area (Å²) >= 11 is 5.90. The van der Waals surface area contributed by atoms with Crippen LogP contribution in [0.3, 0.4) is 0 Å². The summed E-state index contributed by atoms with van der Waals surface area (Å²) in [6, 6.07) is 13.1. The Hall–Kier alpha value is -3.17. The van der Waals surface area contributed by atoms with Crippen molar-refractivity contribution in [3.63, 3.8) is 0 Å². The molecule has 8 nitrogen and oxygen atoms in total. The molecule has 31 heavy (non-hydrogen) atoms. The molecule has 10 heteroatoms. The predicted octanol–water partition coefficient (Wildman–Crippen LogP) is 3.59. The van der Waals surface area contributed by atoms with Crippen molar-refractivity contribution >= 4 is 39.1 Å². The van der Waals surface area contributed by atoms with Gasteiger partial charge in [-0.15, -0.1) is 4.40 Å². The molecular formula is C21H20ClN5O3S. The minimum atomic E-state index is -3.87. The number of aromatic nitrogens is 2. The maximum Gasteiger partial charge on any atom is 0.284 e. The summed E-state index contributed by atoms with van der Waals surface area (Å²) in [7, 11) is -2.05. The highest BCUT2D eigenvalue weighted by Crippen LogP contribution is 2.21. The van der Waals surface area contributed by atoms with Crippen LogP contribution in [0, 0.1) is 0 Å². The summed E-state index contributed by atoms with van der Waals surface area (Å²) in [4.78, 5) is 14.5. The minimum Gasteiger partial charge on any atom is -0.362 e. The topological polar surface area (TPSA) is 96.7 Å². The van der Waals surface area contributed by atoms with Crippen molar-refractivity contribution in [2.75, 3.05) is 18.9 Å². The standard InChI is InChI=1S/C21H20ClN5O3S/c1-26-11-3-6-20(26)25-31(29,30)19-5-2-4-17(12-19)24-21(28)15-13-23-27(14-15)18-9-7-16(22)8-10-18/h2,4-5,7-10,12-14H,3,6,11H2,1H3,(H,24,28)/b25-20+. The number of halogens is 1. The summed E-state index contributed by atoms with van der Waals surface area (Å²) < 4.78 is 30.9. The first-order valence-corrected chi connectivity index (χ1v) is 11.4. The Morgan fingerprint density at radius 3 is 2.68 bits per heavy atom. The van der Waals surface area contributed by atoms with E-state index in [1.807, 2.05) is 11.9 Å². The van der Waals surface area contributed by atoms with Crippen LogP contribution in [0.2, 0.25) is 5.02 Å². The lowest BCUT2D eigenvalue weighted by Crippen LogP contribution is -2.20. The molecule has 0 unspecified atom stereocenters. The number of benzene rings is 2. The number of sulfonamides is 1. The number of hydrogen-bond acceptors (Lipinski definition) is 4. The summed E-state index contributed by atoms with van der Waals surface area (Å²) in [5.41, 5.74) is 1.44. The molecule has 160 valence electrons. The Balaban J connectivity index is 1.51. The molecule has 0 atom stereocenters. The summed E-state index contributed by atoms with van der Waals surface area (Å²) in [6.07, 6.45) is 4.53. The molecule has 1 saturated heterocycles. The zero-order chi connectivity index (χ0) is 22.0. The summed E-state index contributed by atoms with van der Waals surface area (Å²) in [6.45, 7) is 0.786. The molecule has 2 heterocycles. The molecule has 1 N–H and O–H groups in total. The van der Waals surface area contributed by atoms with E-state index < -0.39 is 15.9 Å². The second kappa shape index (κ2) is 8.52. The molecule has 4 rings (SSSR count). The van der Waals surface area contributed by atoms with Crippen LogP contribution >= 0.6 is 11.6 Å². The Kier molecular flexibility index (Phi) is 5.79. The first kappa shape index (κ1) is 21.1. The number of anilines is 1. The smallest absolute Gasteiger partial charge is 0.284 e. The van der Waals surface area contributed by atoms with Crippen LogP contribution in [0.5, 0.6) is 0 Å². The van der Waals surface area contributed by atoms with E-state index in [0.717, 1.165) is 18.7 Å². The van der Waals surface area contributed by atoms with Crippen molar-refractivity contribution in [2.24, 2.45) is 4.40 Å². The molecule has 1 aliphatic heterocycles. The Morgan fingerprint density at radius 2 is 1.97 bits per heavy atom. The molecule has 0 saturated carbocycles. The van der Waals surface area contributed by atoms with Crippen molar-refractivity contribution in [1.82, 2.24) is 14.7 Å². The monoisotopic (exact) mass is 457 g/mol. The number of amidine groups is 1. The van der Waals surface area contributed by atoms with Crippen LogP contribution in [0.4, 0.5) is 5.69 Å². The molecule has 1 fully saturated rings. The highest BCUT2D eigenvalue weighted by molar-refractivity contribution is 7.90. The second-order valence-electron chi connectivity index (χ2n) is 7.14. The molecular weight excluding hydrogens is 438 g/mol. The number of carbonyl (C=O) groups is 1. The van der Waals surface area contributed by atoms with Crippen molar-refractivity contribution in [2.45, 2.75) is 17.7 Å². The molecule has 0 bridgehead atoms. The van der Waals surface area contributed by atoms with E-state index >= 15 is 0 Å². The normalized spacial score (nSPS) is 15.4. The third-order valence-corrected chi connectivity index (χ3v) is 6.44. The van der Waals surface area contributed by atoms with Gasteiger partial charge in [0.15, 0.2) is 0 Å². The van der Waals surface area contributed by atoms with Gasteiger partial charge in [-0.2, -0.15) is 13.5 Å². The Morgan fingerprint density at radius 1 is 1.19 bits per heavy atom. The fourth-order valence-electron chi connectivity index (χ4n) is 3.21. The molecule has 0 spiro atoms. The van der Waals surface area contributed by atoms with Crippen LogP contribution in [-0.2, 0) is 10.0 Å². The van der Waals surface area contributed by atoms with Crippen molar-refractivity contribution in [3.05, 3.63) is 71.5 Å². The van der Waals surface area contributed by atoms with E-state index in [-0.39, 0.29) is 4.90 Å². The summed E-state index contributed by atoms with van der Waals surface area (Å²) in [5, 5.41) is 7.51. The van der Waals surface area contributed by atoms with E-state index in [4.69, 9.17) is 11.6 Å². The Bertz CT molecular complexity index is 1250. The maximum atomic E-state index is 12.7. The third kappa shape index (κ3) is 4.78. The first-order valence-electron chi connectivity index (χ1n) is 9.59. The third-order valence-electron chi connectivity index (χ3n) is 4.89. The number of amides is 1. The second-order valence-corrected chi connectivity index (χ2v) is 9.18. The molecule has 1 amide bonds. The van der Waals surface area contributed by atoms with Gasteiger partial charge in [0, 0.05) is 36.9 Å². The van der Waals surface area contributed by atoms with E-state index in [0.29, 0.717) is 28.5 Å². The van der Waals surface area contributed by atoms with Crippen LogP contribution < -0.4 is 5.32 Å². The number of likely N-dealkylation sites (tertiary alicyclic amines) is 1. The number of hydrogen-bond donors (Lipinski definition) is 1. The molecule has 1 aromatic heterocycles. The first-order chi connectivity index (χ1) is 14.8. The largest absolute Gasteiger partial charge is 0.362 e. The lowest BCUT2D eigenvalue weighted by atomic mass is 10.3. The van der Waals surface area contributed by atoms with E-state index in [2.05, 4.69) is 14.8 Å². The average molecular weight is 458 g/mol. The minimum absolute atomic E-state index is 0.0231. The van der Waals surface area contributed by atoms with Gasteiger partial charge in [-0.3, -0.25) is 4.79 Å². The lowest BCUT2D eigenvalue weighted by Gasteiger charge is -2.11. The van der Waals surface area contributed by atoms with Crippen molar-refractivity contribution < 1.29 is 13.2 Å². The molecule has 1 aliphatic rings. The number of rotatable bonds is 5. The highest BCUT2D eigenvalue weighted by atomic mass is 35.5. The van der Waals surface area contributed by atoms with E-state index in [1.54, 1.807) is 47.3 Å². The molecule has 0 aliphatic carbocycles. The van der Waals surface area contributed by atoms with Crippen LogP contribution in [-0.4, -0.2) is 48.4 Å². The van der Waals surface area contributed by atoms with Gasteiger partial charge >= 0.3 is 0 Å². The van der Waals surface area contributed by atoms with Gasteiger partial charge in [-0.05, 0) is 48.9 Å². The predicted molar refractivity (Wildman–Crippen MR) is 119 cm³/mol. The van der Waals surface area contributed by atoms with E-state index in [9.17, 15) is 13.2 Å². The van der Waals surface area contributed by atoms with Crippen LogP contribution in [0.1, 0.15) is 23.2 Å². The number of nitrogens with one attached hydrogen (secondary N) is 1. The fraction of sp³-hybridized carbons (Fsp3) is 0.190. The molecule has 3 aromatic rings. The zero-order valence-corrected chi connectivity index (χ0v) is 18.3. The van der Waals surface area contributed by atoms with Gasteiger partial charge in [0.05, 0.1) is 22.3 Å². The average Bonchev–Trinajstić information content (AvgIpc) is 3.38. The molecule has 0 radical (unpaired) electrons. The maximum absolute atomic E-state index is 12.7. The van der Waals surface area contributed by atoms with Gasteiger partial charge in [0.25, 0.3) is 15.9 Å². The lowest BCUT2D eigenvalue weighted by molar-refractivity contribution is 0.102. The number of carbonyl (C=O) groups excluding carboxylic acids is 1. The van der Waals surface area contributed by atoms with Gasteiger partial charge in [0.2, 0.25) is 0 Å². The van der Waals surface area contributed by atoms with Crippen molar-refractivity contribution in [1.29, 1.82) is 0 Å². The van der Waals surface area contributed by atoms with Crippen LogP contribution in [0.25, 0.3) is 5.69 Å². The van der Waals surface area contributed by atoms with Gasteiger partial charge < -0.3 is 10.2 Å². The van der Waals surface area contributed by atoms with Crippen molar-refractivity contribution in [3.8, 4) is 5.69 Å². The van der Waals surface area contributed by atoms with E-state index in [1.165, 1.54) is 18.3 Å². The zero-order valence-electron chi connectivity index (χ0n) is 16.7. The molecule has 2 aromatic carbocycles. The number of nitrogens with zero attached hydrogens (tertiary/aromatic N) is 4.